The van der Waals surface area contributed by atoms with Crippen LogP contribution in [-0.4, -0.2) is 210 Å². The van der Waals surface area contributed by atoms with E-state index in [1.165, 1.54) is 12.4 Å². The summed E-state index contributed by atoms with van der Waals surface area (Å²) < 4.78 is 5.28. The van der Waals surface area contributed by atoms with Gasteiger partial charge in [0.05, 0.1) is 44.1 Å². The number of carboxylic acid groups (broad SMARTS) is 3. The number of carbonyl (C=O) groups is 8. The minimum absolute atomic E-state index is 0.0449. The van der Waals surface area contributed by atoms with Crippen molar-refractivity contribution in [1.29, 1.82) is 0 Å². The zero-order valence-corrected chi connectivity index (χ0v) is 38.0. The Morgan fingerprint density at radius 2 is 1.53 bits per heavy atom. The Kier molecular flexibility index (Phi) is 22.9. The lowest BCUT2D eigenvalue weighted by atomic mass is 9.92. The van der Waals surface area contributed by atoms with E-state index >= 15 is 0 Å². The maximum absolute atomic E-state index is 13.5. The number of aliphatic carboxylic acids is 3. The van der Waals surface area contributed by atoms with Crippen molar-refractivity contribution in [2.24, 2.45) is 11.8 Å². The predicted molar refractivity (Wildman–Crippen MR) is 239 cm³/mol. The molecule has 0 aliphatic carbocycles. The average molecular weight is 926 g/mol. The van der Waals surface area contributed by atoms with E-state index in [4.69, 9.17) is 4.74 Å². The van der Waals surface area contributed by atoms with Gasteiger partial charge in [-0.1, -0.05) is 11.8 Å². The van der Waals surface area contributed by atoms with E-state index in [-0.39, 0.29) is 77.1 Å². The summed E-state index contributed by atoms with van der Waals surface area (Å²) in [5.41, 5.74) is 0.905. The Bertz CT molecular complexity index is 1870. The Hall–Kier alpha value is -5.53. The van der Waals surface area contributed by atoms with Crippen molar-refractivity contribution in [3.8, 4) is 11.8 Å². The standard InChI is InChI=1S/C45H67N9O12/c1-33(53-20-18-50(22-23-55)14-15-51(31-41(59)60)16-17-52(19-21-53)32-42(61)62)44(64)48-29-43(63)66-24-3-2-5-35-25-37(28-47-27-35)38(26-40(57)58)49-45(65)36-6-4-13-54(30-36)39(56)8-7-34-9-11-46-12-10-34/h23,25,27-28,33-34,36,38,46H,3-4,6-22,24,26,29-32H2,1H3,(H,48,64)(H,49,65)(H,57,58)(H,59,60)(H,61,62). The molecule has 0 aromatic carbocycles. The van der Waals surface area contributed by atoms with Gasteiger partial charge in [-0.25, -0.2) is 0 Å². The van der Waals surface area contributed by atoms with Gasteiger partial charge >= 0.3 is 23.9 Å². The van der Waals surface area contributed by atoms with Crippen LogP contribution in [0.15, 0.2) is 18.5 Å². The monoisotopic (exact) mass is 925 g/mol. The number of ether oxygens (including phenoxy) is 1. The number of hydrogen-bond acceptors (Lipinski definition) is 15. The molecule has 0 radical (unpaired) electrons. The second-order valence-electron chi connectivity index (χ2n) is 17.1. The predicted octanol–water partition coefficient (Wildman–Crippen LogP) is -0.889. The van der Waals surface area contributed by atoms with Crippen LogP contribution in [0.5, 0.6) is 0 Å². The number of aromatic nitrogens is 1. The molecule has 3 atom stereocenters. The molecule has 6 N–H and O–H groups in total. The van der Waals surface area contributed by atoms with Gasteiger partial charge in [-0.3, -0.25) is 58.1 Å². The van der Waals surface area contributed by atoms with Crippen LogP contribution in [-0.2, 0) is 43.1 Å². The van der Waals surface area contributed by atoms with Gasteiger partial charge in [-0.05, 0) is 69.7 Å². The normalized spacial score (nSPS) is 19.7. The van der Waals surface area contributed by atoms with Crippen LogP contribution in [0, 0.1) is 23.7 Å². The highest BCUT2D eigenvalue weighted by atomic mass is 16.5. The number of hydrogen-bond donors (Lipinski definition) is 6. The summed E-state index contributed by atoms with van der Waals surface area (Å²) >= 11 is 0. The molecule has 0 spiro atoms. The third kappa shape index (κ3) is 19.5. The Labute approximate surface area is 385 Å². The smallest absolute Gasteiger partial charge is 0.325 e. The summed E-state index contributed by atoms with van der Waals surface area (Å²) in [7, 11) is 0. The molecule has 0 saturated carbocycles. The van der Waals surface area contributed by atoms with Crippen LogP contribution in [0.4, 0.5) is 0 Å². The number of carboxylic acids is 3. The molecule has 3 saturated heterocycles. The third-order valence-corrected chi connectivity index (χ3v) is 12.2. The summed E-state index contributed by atoms with van der Waals surface area (Å²) in [6.07, 6.45) is 8.13. The number of carbonyl (C=O) groups excluding carboxylic acids is 5. The van der Waals surface area contributed by atoms with Crippen LogP contribution in [0.25, 0.3) is 0 Å². The quantitative estimate of drug-likeness (QED) is 0.0401. The maximum atomic E-state index is 13.5. The number of nitrogens with zero attached hydrogens (tertiary/aromatic N) is 6. The number of nitrogens with one attached hydrogen (secondary N) is 3. The molecule has 0 bridgehead atoms. The van der Waals surface area contributed by atoms with E-state index in [9.17, 15) is 53.7 Å². The highest BCUT2D eigenvalue weighted by Crippen LogP contribution is 2.24. The first-order chi connectivity index (χ1) is 31.7. The van der Waals surface area contributed by atoms with Crippen molar-refractivity contribution < 1.29 is 58.4 Å². The largest absolute Gasteiger partial charge is 0.481 e. The van der Waals surface area contributed by atoms with Gasteiger partial charge in [0.1, 0.15) is 19.4 Å². The van der Waals surface area contributed by atoms with E-state index in [1.807, 2.05) is 9.80 Å². The van der Waals surface area contributed by atoms with Crippen LogP contribution < -0.4 is 16.0 Å². The first-order valence-corrected chi connectivity index (χ1v) is 22.9. The molecule has 364 valence electrons. The van der Waals surface area contributed by atoms with Crippen molar-refractivity contribution >= 4 is 47.9 Å². The number of aldehydes is 1. The molecule has 3 fully saturated rings. The van der Waals surface area contributed by atoms with Crippen molar-refractivity contribution in [2.75, 3.05) is 111 Å². The molecule has 1 aromatic heterocycles. The summed E-state index contributed by atoms with van der Waals surface area (Å²) in [5, 5.41) is 37.4. The fourth-order valence-corrected chi connectivity index (χ4v) is 8.34. The number of piperidine rings is 2. The topological polar surface area (TPSA) is 272 Å². The summed E-state index contributed by atoms with van der Waals surface area (Å²) in [6.45, 7) is 6.15. The lowest BCUT2D eigenvalue weighted by Gasteiger charge is -2.35. The molecule has 4 rings (SSSR count). The Balaban J connectivity index is 1.25. The Morgan fingerprint density at radius 3 is 2.18 bits per heavy atom. The third-order valence-electron chi connectivity index (χ3n) is 12.2. The summed E-state index contributed by atoms with van der Waals surface area (Å²) in [5.74, 6) is 1.27. The van der Waals surface area contributed by atoms with Gasteiger partial charge in [-0.15, -0.1) is 0 Å². The van der Waals surface area contributed by atoms with E-state index in [0.29, 0.717) is 75.6 Å². The second-order valence-corrected chi connectivity index (χ2v) is 17.1. The highest BCUT2D eigenvalue weighted by molar-refractivity contribution is 5.85. The van der Waals surface area contributed by atoms with Gasteiger partial charge in [0.25, 0.3) is 0 Å². The minimum atomic E-state index is -1.11. The van der Waals surface area contributed by atoms with E-state index in [0.717, 1.165) is 38.6 Å². The SMILES string of the molecule is CC(C(=O)NCC(=O)OCCC#Cc1cncc(C(CC(=O)O)NC(=O)C2CCCN(C(=O)CCC3CCNCC3)C2)c1)N1CCN(CC=O)CCN(CC(=O)O)CCN(CC(=O)O)CC1. The van der Waals surface area contributed by atoms with Crippen molar-refractivity contribution in [2.45, 2.75) is 70.4 Å². The molecule has 21 heteroatoms. The number of rotatable bonds is 20. The molecule has 3 amide bonds. The van der Waals surface area contributed by atoms with Gasteiger partial charge in [0.2, 0.25) is 17.7 Å². The molecule has 4 heterocycles. The molecular formula is C45H67N9O12. The number of likely N-dealkylation sites (tertiary alicyclic amines) is 1. The zero-order chi connectivity index (χ0) is 47.8. The van der Waals surface area contributed by atoms with Crippen molar-refractivity contribution in [3.63, 3.8) is 0 Å². The molecular weight excluding hydrogens is 859 g/mol. The molecule has 1 aromatic rings. The fourth-order valence-electron chi connectivity index (χ4n) is 8.34. The van der Waals surface area contributed by atoms with Gasteiger partial charge in [0, 0.05) is 96.2 Å². The summed E-state index contributed by atoms with van der Waals surface area (Å²) in [6, 6.07) is 0.0225. The lowest BCUT2D eigenvalue weighted by molar-refractivity contribution is -0.144. The fraction of sp³-hybridized carbons (Fsp3) is 0.667. The van der Waals surface area contributed by atoms with E-state index in [1.54, 1.807) is 27.7 Å². The number of pyridine rings is 1. The average Bonchev–Trinajstić information content (AvgIpc) is 3.29. The molecule has 21 nitrogen and oxygen atoms in total. The van der Waals surface area contributed by atoms with Gasteiger partial charge in [0.15, 0.2) is 0 Å². The van der Waals surface area contributed by atoms with Crippen LogP contribution in [0.3, 0.4) is 0 Å². The van der Waals surface area contributed by atoms with Crippen molar-refractivity contribution in [3.05, 3.63) is 29.6 Å². The lowest BCUT2D eigenvalue weighted by Crippen LogP contribution is -2.53. The maximum Gasteiger partial charge on any atom is 0.325 e. The molecule has 3 aliphatic heterocycles. The summed E-state index contributed by atoms with van der Waals surface area (Å²) in [4.78, 5) is 112. The van der Waals surface area contributed by atoms with Gasteiger partial charge < -0.3 is 45.7 Å². The number of esters is 1. The zero-order valence-electron chi connectivity index (χ0n) is 38.0. The second kappa shape index (κ2) is 28.5. The minimum Gasteiger partial charge on any atom is -0.481 e. The van der Waals surface area contributed by atoms with Crippen LogP contribution in [0.2, 0.25) is 0 Å². The highest BCUT2D eigenvalue weighted by Gasteiger charge is 2.31. The van der Waals surface area contributed by atoms with E-state index < -0.39 is 54.3 Å². The number of amides is 3. The Morgan fingerprint density at radius 1 is 0.879 bits per heavy atom. The molecule has 3 unspecified atom stereocenters. The van der Waals surface area contributed by atoms with Crippen molar-refractivity contribution in [1.82, 2.24) is 45.4 Å². The van der Waals surface area contributed by atoms with E-state index in [2.05, 4.69) is 32.8 Å². The first-order valence-electron chi connectivity index (χ1n) is 22.9. The first kappa shape index (κ1) is 53.1. The molecule has 66 heavy (non-hydrogen) atoms. The van der Waals surface area contributed by atoms with Crippen LogP contribution in [0.1, 0.15) is 75.5 Å². The van der Waals surface area contributed by atoms with Gasteiger partial charge in [-0.2, -0.15) is 0 Å². The van der Waals surface area contributed by atoms with Crippen LogP contribution >= 0.6 is 0 Å². The molecule has 3 aliphatic rings.